The molecule has 3 aromatic heterocycles. The van der Waals surface area contributed by atoms with Crippen molar-refractivity contribution in [2.45, 2.75) is 25.3 Å². The van der Waals surface area contributed by atoms with Crippen molar-refractivity contribution < 1.29 is 9.32 Å². The van der Waals surface area contributed by atoms with Crippen LogP contribution < -0.4 is 5.32 Å². The number of carbonyl (C=O) groups excluding carboxylic acids is 1. The molecule has 26 heavy (non-hydrogen) atoms. The highest BCUT2D eigenvalue weighted by molar-refractivity contribution is 7.13. The van der Waals surface area contributed by atoms with E-state index >= 15 is 0 Å². The molecule has 4 rings (SSSR count). The number of rotatable bonds is 6. The molecule has 0 radical (unpaired) electrons. The van der Waals surface area contributed by atoms with Gasteiger partial charge in [0, 0.05) is 17.5 Å². The van der Waals surface area contributed by atoms with E-state index in [1.807, 2.05) is 17.5 Å². The molecular weight excluding hydrogens is 366 g/mol. The molecule has 0 spiro atoms. The van der Waals surface area contributed by atoms with Crippen molar-refractivity contribution in [2.24, 2.45) is 0 Å². The van der Waals surface area contributed by atoms with Gasteiger partial charge in [0.2, 0.25) is 0 Å². The van der Waals surface area contributed by atoms with E-state index in [0.29, 0.717) is 18.0 Å². The van der Waals surface area contributed by atoms with E-state index in [1.165, 1.54) is 24.1 Å². The van der Waals surface area contributed by atoms with Crippen LogP contribution in [0.15, 0.2) is 45.6 Å². The Morgan fingerprint density at radius 1 is 1.19 bits per heavy atom. The van der Waals surface area contributed by atoms with Gasteiger partial charge in [-0.3, -0.25) is 9.69 Å². The maximum atomic E-state index is 12.5. The summed E-state index contributed by atoms with van der Waals surface area (Å²) >= 11 is 3.31. The first kappa shape index (κ1) is 17.5. The van der Waals surface area contributed by atoms with Crippen molar-refractivity contribution in [1.29, 1.82) is 0 Å². The lowest BCUT2D eigenvalue weighted by Crippen LogP contribution is -2.40. The largest absolute Gasteiger partial charge is 0.355 e. The number of hydrogen-bond donors (Lipinski definition) is 1. The number of thiophene rings is 2. The zero-order chi connectivity index (χ0) is 17.8. The fourth-order valence-electron chi connectivity index (χ4n) is 3.32. The number of nitrogens with zero attached hydrogens (tertiary/aromatic N) is 2. The van der Waals surface area contributed by atoms with Crippen LogP contribution in [0.25, 0.3) is 10.6 Å². The summed E-state index contributed by atoms with van der Waals surface area (Å²) in [4.78, 5) is 17.3. The number of carbonyl (C=O) groups is 1. The molecule has 1 amide bonds. The van der Waals surface area contributed by atoms with Gasteiger partial charge < -0.3 is 9.84 Å². The number of amides is 1. The van der Waals surface area contributed by atoms with Gasteiger partial charge in [-0.15, -0.1) is 22.7 Å². The molecule has 0 unspecified atom stereocenters. The van der Waals surface area contributed by atoms with Crippen LogP contribution >= 0.6 is 22.7 Å². The summed E-state index contributed by atoms with van der Waals surface area (Å²) in [5.41, 5.74) is 0.331. The van der Waals surface area contributed by atoms with Crippen molar-refractivity contribution in [3.8, 4) is 10.6 Å². The third-order valence-corrected chi connectivity index (χ3v) is 6.52. The average Bonchev–Trinajstić information content (AvgIpc) is 3.43. The third kappa shape index (κ3) is 3.90. The molecule has 1 fully saturated rings. The minimum atomic E-state index is -0.185. The molecular formula is C19H21N3O2S2. The molecule has 1 saturated heterocycles. The minimum Gasteiger partial charge on any atom is -0.355 e. The third-order valence-electron chi connectivity index (χ3n) is 4.67. The fourth-order valence-corrected chi connectivity index (χ4v) is 4.85. The van der Waals surface area contributed by atoms with Crippen molar-refractivity contribution in [1.82, 2.24) is 15.4 Å². The molecule has 1 aliphatic rings. The van der Waals surface area contributed by atoms with Gasteiger partial charge in [0.1, 0.15) is 0 Å². The first-order valence-electron chi connectivity index (χ1n) is 8.87. The summed E-state index contributed by atoms with van der Waals surface area (Å²) in [5.74, 6) is 0.450. The Bertz CT molecular complexity index is 821. The Labute approximate surface area is 160 Å². The number of aromatic nitrogens is 1. The summed E-state index contributed by atoms with van der Waals surface area (Å²) in [6, 6.07) is 10.1. The summed E-state index contributed by atoms with van der Waals surface area (Å²) < 4.78 is 5.32. The lowest BCUT2D eigenvalue weighted by atomic mass is 10.1. The molecule has 0 bridgehead atoms. The highest BCUT2D eigenvalue weighted by Gasteiger charge is 2.24. The van der Waals surface area contributed by atoms with Gasteiger partial charge in [-0.05, 0) is 48.8 Å². The van der Waals surface area contributed by atoms with Crippen molar-refractivity contribution in [3.63, 3.8) is 0 Å². The molecule has 136 valence electrons. The van der Waals surface area contributed by atoms with Crippen LogP contribution in [0.3, 0.4) is 0 Å². The Kier molecular flexibility index (Phi) is 5.48. The van der Waals surface area contributed by atoms with Crippen LogP contribution in [0, 0.1) is 0 Å². The van der Waals surface area contributed by atoms with Gasteiger partial charge >= 0.3 is 0 Å². The number of piperidine rings is 1. The smallest absolute Gasteiger partial charge is 0.273 e. The number of hydrogen-bond acceptors (Lipinski definition) is 6. The maximum Gasteiger partial charge on any atom is 0.273 e. The molecule has 3 aromatic rings. The quantitative estimate of drug-likeness (QED) is 0.680. The van der Waals surface area contributed by atoms with Crippen LogP contribution in [0.1, 0.15) is 40.7 Å². The topological polar surface area (TPSA) is 58.4 Å². The predicted molar refractivity (Wildman–Crippen MR) is 105 cm³/mol. The van der Waals surface area contributed by atoms with Crippen molar-refractivity contribution in [3.05, 3.63) is 51.7 Å². The van der Waals surface area contributed by atoms with E-state index in [9.17, 15) is 4.79 Å². The monoisotopic (exact) mass is 387 g/mol. The van der Waals surface area contributed by atoms with Crippen LogP contribution in [-0.2, 0) is 0 Å². The SMILES string of the molecule is O=C(NC[C@@H](c1cccs1)N1CCCCC1)c1cc(-c2cccs2)on1. The Balaban J connectivity index is 1.43. The average molecular weight is 388 g/mol. The lowest BCUT2D eigenvalue weighted by molar-refractivity contribution is 0.0917. The molecule has 0 aliphatic carbocycles. The van der Waals surface area contributed by atoms with E-state index in [1.54, 1.807) is 28.7 Å². The van der Waals surface area contributed by atoms with Gasteiger partial charge in [-0.2, -0.15) is 0 Å². The normalized spacial score (nSPS) is 16.5. The summed E-state index contributed by atoms with van der Waals surface area (Å²) in [7, 11) is 0. The van der Waals surface area contributed by atoms with Gasteiger partial charge in [-0.1, -0.05) is 23.7 Å². The van der Waals surface area contributed by atoms with Crippen LogP contribution in [-0.4, -0.2) is 35.6 Å². The molecule has 0 aromatic carbocycles. The standard InChI is InChI=1S/C19H21N3O2S2/c23-19(14-12-16(24-21-14)18-7-5-11-26-18)20-13-15(17-6-4-10-25-17)22-8-2-1-3-9-22/h4-7,10-12,15H,1-3,8-9,13H2,(H,20,23)/t15-/m0/s1. The lowest BCUT2D eigenvalue weighted by Gasteiger charge is -2.34. The zero-order valence-corrected chi connectivity index (χ0v) is 16.0. The van der Waals surface area contributed by atoms with Gasteiger partial charge in [0.25, 0.3) is 5.91 Å². The number of likely N-dealkylation sites (tertiary alicyclic amines) is 1. The Morgan fingerprint density at radius 3 is 2.73 bits per heavy atom. The molecule has 4 heterocycles. The van der Waals surface area contributed by atoms with E-state index < -0.39 is 0 Å². The zero-order valence-electron chi connectivity index (χ0n) is 14.4. The summed E-state index contributed by atoms with van der Waals surface area (Å²) in [6.45, 7) is 2.76. The van der Waals surface area contributed by atoms with Crippen LogP contribution in [0.5, 0.6) is 0 Å². The van der Waals surface area contributed by atoms with Gasteiger partial charge in [-0.25, -0.2) is 0 Å². The molecule has 5 nitrogen and oxygen atoms in total. The molecule has 7 heteroatoms. The fraction of sp³-hybridized carbons (Fsp3) is 0.368. The van der Waals surface area contributed by atoms with Crippen molar-refractivity contribution in [2.75, 3.05) is 19.6 Å². The first-order chi connectivity index (χ1) is 12.8. The second-order valence-electron chi connectivity index (χ2n) is 6.39. The predicted octanol–water partition coefficient (Wildman–Crippen LogP) is 4.42. The second kappa shape index (κ2) is 8.16. The van der Waals surface area contributed by atoms with E-state index in [-0.39, 0.29) is 11.9 Å². The Morgan fingerprint density at radius 2 is 2.00 bits per heavy atom. The Hall–Kier alpha value is -1.96. The van der Waals surface area contributed by atoms with Gasteiger partial charge in [0.15, 0.2) is 11.5 Å². The first-order valence-corrected chi connectivity index (χ1v) is 10.6. The molecule has 0 saturated carbocycles. The molecule has 1 N–H and O–H groups in total. The second-order valence-corrected chi connectivity index (χ2v) is 8.32. The highest BCUT2D eigenvalue weighted by atomic mass is 32.1. The maximum absolute atomic E-state index is 12.5. The molecule has 1 aliphatic heterocycles. The molecule has 1 atom stereocenters. The van der Waals surface area contributed by atoms with E-state index in [4.69, 9.17) is 4.52 Å². The van der Waals surface area contributed by atoms with Crippen molar-refractivity contribution >= 4 is 28.6 Å². The number of nitrogens with one attached hydrogen (secondary N) is 1. The van der Waals surface area contributed by atoms with Crippen LogP contribution in [0.4, 0.5) is 0 Å². The minimum absolute atomic E-state index is 0.185. The van der Waals surface area contributed by atoms with Crippen LogP contribution in [0.2, 0.25) is 0 Å². The van der Waals surface area contributed by atoms with E-state index in [2.05, 4.69) is 32.9 Å². The summed E-state index contributed by atoms with van der Waals surface area (Å²) in [5, 5.41) is 11.1. The highest BCUT2D eigenvalue weighted by Crippen LogP contribution is 2.28. The summed E-state index contributed by atoms with van der Waals surface area (Å²) in [6.07, 6.45) is 3.75. The van der Waals surface area contributed by atoms with E-state index in [0.717, 1.165) is 18.0 Å². The van der Waals surface area contributed by atoms with Gasteiger partial charge in [0.05, 0.1) is 10.9 Å².